The lowest BCUT2D eigenvalue weighted by atomic mass is 9.99. The van der Waals surface area contributed by atoms with Gasteiger partial charge in [-0.25, -0.2) is 0 Å². The first-order chi connectivity index (χ1) is 8.58. The quantitative estimate of drug-likeness (QED) is 0.790. The fourth-order valence-corrected chi connectivity index (χ4v) is 1.85. The van der Waals surface area contributed by atoms with Gasteiger partial charge in [-0.3, -0.25) is 4.79 Å². The number of carbonyl (C=O) groups is 1. The number of hydrogen-bond donors (Lipinski definition) is 1. The summed E-state index contributed by atoms with van der Waals surface area (Å²) in [6.07, 6.45) is 0.935. The molecule has 0 aliphatic carbocycles. The second-order valence-electron chi connectivity index (χ2n) is 4.21. The summed E-state index contributed by atoms with van der Waals surface area (Å²) in [6.45, 7) is 1.93. The minimum atomic E-state index is -0.555. The second-order valence-corrected chi connectivity index (χ2v) is 4.21. The Morgan fingerprint density at radius 3 is 2.67 bits per heavy atom. The molecule has 0 aromatic heterocycles. The molecule has 1 aromatic carbocycles. The lowest BCUT2D eigenvalue weighted by Gasteiger charge is -2.14. The van der Waals surface area contributed by atoms with Gasteiger partial charge in [-0.2, -0.15) is 0 Å². The van der Waals surface area contributed by atoms with E-state index in [0.29, 0.717) is 19.3 Å². The molecule has 0 aliphatic heterocycles. The van der Waals surface area contributed by atoms with E-state index in [0.717, 1.165) is 16.9 Å². The number of aliphatic hydroxyl groups excluding tert-OH is 1. The molecule has 0 aliphatic rings. The fourth-order valence-electron chi connectivity index (χ4n) is 1.85. The molecule has 0 saturated heterocycles. The second kappa shape index (κ2) is 7.01. The normalized spacial score (nSPS) is 12.0. The van der Waals surface area contributed by atoms with Crippen molar-refractivity contribution in [1.29, 1.82) is 0 Å². The minimum Gasteiger partial charge on any atom is -0.497 e. The Balaban J connectivity index is 2.56. The van der Waals surface area contributed by atoms with Crippen LogP contribution in [0.1, 0.15) is 36.5 Å². The maximum atomic E-state index is 11.0. The monoisotopic (exact) mass is 252 g/mol. The molecular weight excluding hydrogens is 232 g/mol. The third-order valence-corrected chi connectivity index (χ3v) is 2.92. The molecule has 1 atom stereocenters. The number of aryl methyl sites for hydroxylation is 1. The molecule has 0 bridgehead atoms. The van der Waals surface area contributed by atoms with E-state index >= 15 is 0 Å². The predicted octanol–water partition coefficient (Wildman–Crippen LogP) is 2.38. The number of rotatable bonds is 6. The summed E-state index contributed by atoms with van der Waals surface area (Å²) in [6, 6.07) is 5.57. The van der Waals surface area contributed by atoms with Gasteiger partial charge in [0.05, 0.1) is 20.3 Å². The molecule has 0 radical (unpaired) electrons. The smallest absolute Gasteiger partial charge is 0.305 e. The van der Waals surface area contributed by atoms with Crippen LogP contribution in [-0.2, 0) is 9.53 Å². The van der Waals surface area contributed by atoms with E-state index in [4.69, 9.17) is 4.74 Å². The zero-order valence-corrected chi connectivity index (χ0v) is 11.1. The van der Waals surface area contributed by atoms with E-state index in [9.17, 15) is 9.90 Å². The average molecular weight is 252 g/mol. The van der Waals surface area contributed by atoms with Gasteiger partial charge in [-0.1, -0.05) is 6.07 Å². The maximum Gasteiger partial charge on any atom is 0.305 e. The van der Waals surface area contributed by atoms with E-state index in [1.807, 2.05) is 25.1 Å². The van der Waals surface area contributed by atoms with Crippen molar-refractivity contribution in [3.05, 3.63) is 29.3 Å². The molecule has 0 heterocycles. The highest BCUT2D eigenvalue weighted by Crippen LogP contribution is 2.25. The number of benzene rings is 1. The first-order valence-electron chi connectivity index (χ1n) is 5.98. The van der Waals surface area contributed by atoms with Crippen LogP contribution in [0.25, 0.3) is 0 Å². The molecule has 1 aromatic rings. The van der Waals surface area contributed by atoms with Crippen molar-refractivity contribution >= 4 is 5.97 Å². The Bertz CT molecular complexity index is 401. The number of ether oxygens (including phenoxy) is 2. The fraction of sp³-hybridized carbons (Fsp3) is 0.500. The van der Waals surface area contributed by atoms with Gasteiger partial charge in [0.2, 0.25) is 0 Å². The third kappa shape index (κ3) is 4.04. The van der Waals surface area contributed by atoms with Crippen molar-refractivity contribution < 1.29 is 19.4 Å². The SMILES string of the molecule is COC(=O)CCCC(O)c1ccc(OC)cc1C. The highest BCUT2D eigenvalue weighted by Gasteiger charge is 2.12. The van der Waals surface area contributed by atoms with Gasteiger partial charge in [0, 0.05) is 6.42 Å². The van der Waals surface area contributed by atoms with Gasteiger partial charge in [-0.05, 0) is 43.0 Å². The first-order valence-corrected chi connectivity index (χ1v) is 5.98. The number of esters is 1. The number of methoxy groups -OCH3 is 2. The molecular formula is C14H20O4. The molecule has 0 fully saturated rings. The molecule has 100 valence electrons. The molecule has 18 heavy (non-hydrogen) atoms. The van der Waals surface area contributed by atoms with Crippen LogP contribution in [0.15, 0.2) is 18.2 Å². The van der Waals surface area contributed by atoms with Gasteiger partial charge < -0.3 is 14.6 Å². The van der Waals surface area contributed by atoms with Crippen LogP contribution in [0.4, 0.5) is 0 Å². The van der Waals surface area contributed by atoms with E-state index in [-0.39, 0.29) is 5.97 Å². The zero-order valence-electron chi connectivity index (χ0n) is 11.1. The molecule has 4 heteroatoms. The molecule has 1 unspecified atom stereocenters. The van der Waals surface area contributed by atoms with E-state index in [1.165, 1.54) is 7.11 Å². The molecule has 0 amide bonds. The Morgan fingerprint density at radius 2 is 2.11 bits per heavy atom. The van der Waals surface area contributed by atoms with Crippen molar-refractivity contribution in [3.63, 3.8) is 0 Å². The average Bonchev–Trinajstić information content (AvgIpc) is 2.37. The Labute approximate surface area is 108 Å². The number of hydrogen-bond acceptors (Lipinski definition) is 4. The van der Waals surface area contributed by atoms with Crippen molar-refractivity contribution in [1.82, 2.24) is 0 Å². The summed E-state index contributed by atoms with van der Waals surface area (Å²) in [4.78, 5) is 11.0. The van der Waals surface area contributed by atoms with Crippen molar-refractivity contribution in [3.8, 4) is 5.75 Å². The first kappa shape index (κ1) is 14.5. The molecule has 1 rings (SSSR count). The summed E-state index contributed by atoms with van der Waals surface area (Å²) >= 11 is 0. The highest BCUT2D eigenvalue weighted by atomic mass is 16.5. The topological polar surface area (TPSA) is 55.8 Å². The molecule has 4 nitrogen and oxygen atoms in total. The van der Waals surface area contributed by atoms with Crippen LogP contribution >= 0.6 is 0 Å². The van der Waals surface area contributed by atoms with E-state index in [2.05, 4.69) is 4.74 Å². The van der Waals surface area contributed by atoms with E-state index < -0.39 is 6.10 Å². The van der Waals surface area contributed by atoms with E-state index in [1.54, 1.807) is 7.11 Å². The van der Waals surface area contributed by atoms with Crippen molar-refractivity contribution in [2.45, 2.75) is 32.3 Å². The van der Waals surface area contributed by atoms with Gasteiger partial charge >= 0.3 is 5.97 Å². The largest absolute Gasteiger partial charge is 0.497 e. The highest BCUT2D eigenvalue weighted by molar-refractivity contribution is 5.69. The number of carbonyl (C=O) groups excluding carboxylic acids is 1. The van der Waals surface area contributed by atoms with Crippen LogP contribution < -0.4 is 4.74 Å². The molecule has 0 saturated carbocycles. The van der Waals surface area contributed by atoms with Gasteiger partial charge in [0.25, 0.3) is 0 Å². The van der Waals surface area contributed by atoms with Crippen LogP contribution in [0.3, 0.4) is 0 Å². The van der Waals surface area contributed by atoms with Crippen molar-refractivity contribution in [2.75, 3.05) is 14.2 Å². The zero-order chi connectivity index (χ0) is 13.5. The summed E-state index contributed by atoms with van der Waals surface area (Å²) < 4.78 is 9.67. The standard InChI is InChI=1S/C14H20O4/c1-10-9-11(17-2)7-8-12(10)13(15)5-4-6-14(16)18-3/h7-9,13,15H,4-6H2,1-3H3. The van der Waals surface area contributed by atoms with Crippen molar-refractivity contribution in [2.24, 2.45) is 0 Å². The lowest BCUT2D eigenvalue weighted by molar-refractivity contribution is -0.140. The molecule has 0 spiro atoms. The van der Waals surface area contributed by atoms with Crippen LogP contribution in [0, 0.1) is 6.92 Å². The molecule has 1 N–H and O–H groups in total. The van der Waals surface area contributed by atoms with Crippen LogP contribution in [0.2, 0.25) is 0 Å². The van der Waals surface area contributed by atoms with Gasteiger partial charge in [-0.15, -0.1) is 0 Å². The minimum absolute atomic E-state index is 0.242. The van der Waals surface area contributed by atoms with Crippen LogP contribution in [0.5, 0.6) is 5.75 Å². The summed E-state index contributed by atoms with van der Waals surface area (Å²) in [7, 11) is 2.98. The van der Waals surface area contributed by atoms with Gasteiger partial charge in [0.1, 0.15) is 5.75 Å². The van der Waals surface area contributed by atoms with Crippen LogP contribution in [-0.4, -0.2) is 25.3 Å². The predicted molar refractivity (Wildman–Crippen MR) is 68.6 cm³/mol. The Morgan fingerprint density at radius 1 is 1.39 bits per heavy atom. The summed E-state index contributed by atoms with van der Waals surface area (Å²) in [5.41, 5.74) is 1.86. The maximum absolute atomic E-state index is 11.0. The lowest BCUT2D eigenvalue weighted by Crippen LogP contribution is -2.04. The van der Waals surface area contributed by atoms with Gasteiger partial charge in [0.15, 0.2) is 0 Å². The number of aliphatic hydroxyl groups is 1. The Kier molecular flexibility index (Phi) is 5.65. The Hall–Kier alpha value is -1.55. The summed E-state index contributed by atoms with van der Waals surface area (Å²) in [5, 5.41) is 10.1. The summed E-state index contributed by atoms with van der Waals surface area (Å²) in [5.74, 6) is 0.534. The third-order valence-electron chi connectivity index (χ3n) is 2.92.